The van der Waals surface area contributed by atoms with E-state index in [-0.39, 0.29) is 5.88 Å². The Hall–Kier alpha value is -1.23. The van der Waals surface area contributed by atoms with E-state index in [2.05, 4.69) is 5.32 Å². The van der Waals surface area contributed by atoms with Crippen LogP contribution in [0.15, 0.2) is 24.3 Å². The normalized spacial score (nSPS) is 10.1. The van der Waals surface area contributed by atoms with E-state index < -0.39 is 10.7 Å². The lowest BCUT2D eigenvalue weighted by Crippen LogP contribution is -2.02. The van der Waals surface area contributed by atoms with Crippen molar-refractivity contribution in [3.05, 3.63) is 24.3 Å². The number of nitrogens with one attached hydrogen (secondary N) is 1. The number of hydrogen-bond donors (Lipinski definition) is 3. The summed E-state index contributed by atoms with van der Waals surface area (Å²) in [6.45, 7) is 0. The Balaban J connectivity index is 2.59. The van der Waals surface area contributed by atoms with Crippen molar-refractivity contribution in [2.45, 2.75) is 0 Å². The van der Waals surface area contributed by atoms with Crippen LogP contribution in [0.4, 0.5) is 11.4 Å². The molecule has 3 N–H and O–H groups in total. The van der Waals surface area contributed by atoms with Crippen molar-refractivity contribution in [1.29, 1.82) is 0 Å². The number of hydrogen-bond acceptors (Lipinski definition) is 4. The minimum Gasteiger partial charge on any atom is -0.399 e. The summed E-state index contributed by atoms with van der Waals surface area (Å²) in [7, 11) is -2.37. The smallest absolute Gasteiger partial charge is 0.158 e. The molecule has 1 aromatic carbocycles. The van der Waals surface area contributed by atoms with E-state index in [0.717, 1.165) is 5.69 Å². The van der Waals surface area contributed by atoms with E-state index in [0.29, 0.717) is 5.69 Å². The number of nitrogens with two attached hydrogens (primary N) is 1. The van der Waals surface area contributed by atoms with Gasteiger partial charge in [-0.25, -0.2) is 8.42 Å². The molecule has 5 heteroatoms. The molecule has 0 heterocycles. The SMILES string of the molecule is Nc1ccc(NC[SH](=O)=O)cc1. The number of anilines is 2. The number of thiol groups is 1. The van der Waals surface area contributed by atoms with Gasteiger partial charge in [0.15, 0.2) is 10.7 Å². The Labute approximate surface area is 72.3 Å². The van der Waals surface area contributed by atoms with Crippen molar-refractivity contribution in [3.8, 4) is 0 Å². The van der Waals surface area contributed by atoms with Gasteiger partial charge in [-0.2, -0.15) is 0 Å². The van der Waals surface area contributed by atoms with Gasteiger partial charge in [0, 0.05) is 11.4 Å². The van der Waals surface area contributed by atoms with Gasteiger partial charge in [-0.15, -0.1) is 0 Å². The summed E-state index contributed by atoms with van der Waals surface area (Å²) in [5.74, 6) is -0.0424. The largest absolute Gasteiger partial charge is 0.399 e. The average molecular weight is 186 g/mol. The second-order valence-electron chi connectivity index (χ2n) is 2.29. The predicted octanol–water partition coefficient (Wildman–Crippen LogP) is 0.250. The van der Waals surface area contributed by atoms with Crippen LogP contribution in [-0.2, 0) is 10.7 Å². The van der Waals surface area contributed by atoms with Crippen molar-refractivity contribution < 1.29 is 8.42 Å². The lowest BCUT2D eigenvalue weighted by atomic mass is 10.3. The molecule has 4 nitrogen and oxygen atoms in total. The lowest BCUT2D eigenvalue weighted by molar-refractivity contribution is 0.616. The summed E-state index contributed by atoms with van der Waals surface area (Å²) in [4.78, 5) is 0. The van der Waals surface area contributed by atoms with Crippen LogP contribution in [0.5, 0.6) is 0 Å². The van der Waals surface area contributed by atoms with Gasteiger partial charge < -0.3 is 11.1 Å². The van der Waals surface area contributed by atoms with E-state index in [1.165, 1.54) is 0 Å². The molecule has 1 aromatic rings. The van der Waals surface area contributed by atoms with Crippen LogP contribution in [0.25, 0.3) is 0 Å². The molecule has 0 unspecified atom stereocenters. The fraction of sp³-hybridized carbons (Fsp3) is 0.143. The fourth-order valence-corrected chi connectivity index (χ4v) is 1.07. The minimum atomic E-state index is -2.37. The van der Waals surface area contributed by atoms with E-state index in [1.807, 2.05) is 0 Å². The summed E-state index contributed by atoms with van der Waals surface area (Å²) in [5, 5.41) is 2.72. The van der Waals surface area contributed by atoms with Crippen LogP contribution in [0.3, 0.4) is 0 Å². The van der Waals surface area contributed by atoms with Crippen LogP contribution in [-0.4, -0.2) is 14.3 Å². The zero-order valence-corrected chi connectivity index (χ0v) is 7.25. The topological polar surface area (TPSA) is 72.2 Å². The van der Waals surface area contributed by atoms with Gasteiger partial charge in [0.2, 0.25) is 0 Å². The lowest BCUT2D eigenvalue weighted by Gasteiger charge is -2.01. The first-order valence-electron chi connectivity index (χ1n) is 3.39. The van der Waals surface area contributed by atoms with Gasteiger partial charge in [-0.05, 0) is 24.3 Å². The maximum atomic E-state index is 10.2. The fourth-order valence-electron chi connectivity index (χ4n) is 0.757. The molecule has 0 amide bonds. The Kier molecular flexibility index (Phi) is 2.93. The molecule has 0 aliphatic carbocycles. The van der Waals surface area contributed by atoms with Crippen LogP contribution in [0.1, 0.15) is 0 Å². The molecule has 0 saturated heterocycles. The van der Waals surface area contributed by atoms with Crippen LogP contribution < -0.4 is 11.1 Å². The van der Waals surface area contributed by atoms with Crippen molar-refractivity contribution in [3.63, 3.8) is 0 Å². The van der Waals surface area contributed by atoms with Crippen molar-refractivity contribution >= 4 is 22.1 Å². The maximum absolute atomic E-state index is 10.2. The quantitative estimate of drug-likeness (QED) is 0.467. The summed E-state index contributed by atoms with van der Waals surface area (Å²) >= 11 is 0. The third kappa shape index (κ3) is 2.79. The molecule has 12 heavy (non-hydrogen) atoms. The minimum absolute atomic E-state index is 0.0424. The summed E-state index contributed by atoms with van der Waals surface area (Å²) in [6, 6.07) is 6.88. The third-order valence-electron chi connectivity index (χ3n) is 1.32. The highest BCUT2D eigenvalue weighted by molar-refractivity contribution is 7.72. The zero-order chi connectivity index (χ0) is 8.97. The van der Waals surface area contributed by atoms with E-state index in [4.69, 9.17) is 5.73 Å². The van der Waals surface area contributed by atoms with E-state index >= 15 is 0 Å². The van der Waals surface area contributed by atoms with Crippen LogP contribution in [0.2, 0.25) is 0 Å². The van der Waals surface area contributed by atoms with Crippen LogP contribution in [0, 0.1) is 0 Å². The Bertz CT molecular complexity index is 311. The molecule has 1 rings (SSSR count). The first kappa shape index (κ1) is 8.86. The molecule has 0 saturated carbocycles. The van der Waals surface area contributed by atoms with E-state index in [9.17, 15) is 8.42 Å². The highest BCUT2D eigenvalue weighted by atomic mass is 32.2. The molecule has 0 spiro atoms. The molecule has 0 atom stereocenters. The molecule has 0 aliphatic heterocycles. The van der Waals surface area contributed by atoms with Gasteiger partial charge in [-0.1, -0.05) is 0 Å². The Morgan fingerprint density at radius 1 is 1.25 bits per heavy atom. The first-order valence-corrected chi connectivity index (χ1v) is 4.76. The summed E-state index contributed by atoms with van der Waals surface area (Å²) in [5.41, 5.74) is 6.85. The highest BCUT2D eigenvalue weighted by Gasteiger charge is 1.90. The average Bonchev–Trinajstić information content (AvgIpc) is 2.03. The molecule has 0 aliphatic rings. The van der Waals surface area contributed by atoms with Gasteiger partial charge in [-0.3, -0.25) is 0 Å². The van der Waals surface area contributed by atoms with Crippen molar-refractivity contribution in [1.82, 2.24) is 0 Å². The maximum Gasteiger partial charge on any atom is 0.158 e. The molecule has 0 radical (unpaired) electrons. The third-order valence-corrected chi connectivity index (χ3v) is 1.74. The standard InChI is InChI=1S/C7H10N2O2S/c8-6-1-3-7(4-2-6)9-5-12(10)11/h1-4,9,12H,5,8H2. The molecule has 0 bridgehead atoms. The van der Waals surface area contributed by atoms with Gasteiger partial charge in [0.25, 0.3) is 0 Å². The van der Waals surface area contributed by atoms with Gasteiger partial charge >= 0.3 is 0 Å². The predicted molar refractivity (Wildman–Crippen MR) is 49.7 cm³/mol. The molecule has 0 fully saturated rings. The van der Waals surface area contributed by atoms with E-state index in [1.54, 1.807) is 24.3 Å². The second-order valence-corrected chi connectivity index (χ2v) is 3.27. The first-order chi connectivity index (χ1) is 5.68. The Morgan fingerprint density at radius 2 is 1.83 bits per heavy atom. The summed E-state index contributed by atoms with van der Waals surface area (Å²) in [6.07, 6.45) is 0. The second kappa shape index (κ2) is 3.96. The summed E-state index contributed by atoms with van der Waals surface area (Å²) < 4.78 is 20.4. The molecule has 66 valence electrons. The Morgan fingerprint density at radius 3 is 2.33 bits per heavy atom. The number of nitrogen functional groups attached to an aromatic ring is 1. The molecular weight excluding hydrogens is 176 g/mol. The van der Waals surface area contributed by atoms with Crippen molar-refractivity contribution in [2.24, 2.45) is 0 Å². The molecular formula is C7H10N2O2S. The van der Waals surface area contributed by atoms with Gasteiger partial charge in [0.05, 0.1) is 0 Å². The zero-order valence-electron chi connectivity index (χ0n) is 6.36. The number of benzene rings is 1. The monoisotopic (exact) mass is 186 g/mol. The highest BCUT2D eigenvalue weighted by Crippen LogP contribution is 2.09. The van der Waals surface area contributed by atoms with Crippen molar-refractivity contribution in [2.75, 3.05) is 16.9 Å². The van der Waals surface area contributed by atoms with Crippen LogP contribution >= 0.6 is 0 Å². The number of rotatable bonds is 3. The molecule has 0 aromatic heterocycles. The van der Waals surface area contributed by atoms with Gasteiger partial charge in [0.1, 0.15) is 5.88 Å².